The maximum Gasteiger partial charge on any atom is 0.254 e. The number of amides is 2. The lowest BCUT2D eigenvalue weighted by Gasteiger charge is -2.16. The van der Waals surface area contributed by atoms with Crippen molar-refractivity contribution in [2.75, 3.05) is 18.9 Å². The molecular formula is C17H18N2O2. The second-order valence-corrected chi connectivity index (χ2v) is 4.94. The van der Waals surface area contributed by atoms with Crippen LogP contribution in [0.3, 0.4) is 0 Å². The number of nitrogens with one attached hydrogen (secondary N) is 1. The summed E-state index contributed by atoms with van der Waals surface area (Å²) < 4.78 is 0. The predicted octanol–water partition coefficient (Wildman–Crippen LogP) is 2.71. The lowest BCUT2D eigenvalue weighted by Crippen LogP contribution is -2.34. The first-order chi connectivity index (χ1) is 10.1. The highest BCUT2D eigenvalue weighted by Crippen LogP contribution is 2.09. The van der Waals surface area contributed by atoms with E-state index in [2.05, 4.69) is 5.32 Å². The number of rotatable bonds is 4. The summed E-state index contributed by atoms with van der Waals surface area (Å²) in [6, 6.07) is 16.4. The van der Waals surface area contributed by atoms with Gasteiger partial charge in [0.1, 0.15) is 0 Å². The van der Waals surface area contributed by atoms with Crippen molar-refractivity contribution in [2.45, 2.75) is 6.92 Å². The van der Waals surface area contributed by atoms with Gasteiger partial charge < -0.3 is 10.2 Å². The standard InChI is InChI=1S/C17H18N2O2/c1-13-8-10-15(11-9-13)18-16(20)12-19(2)17(21)14-6-4-3-5-7-14/h3-11H,12H2,1-2H3,(H,18,20). The molecule has 1 N–H and O–H groups in total. The Hall–Kier alpha value is -2.62. The summed E-state index contributed by atoms with van der Waals surface area (Å²) in [6.07, 6.45) is 0. The van der Waals surface area contributed by atoms with Crippen molar-refractivity contribution in [2.24, 2.45) is 0 Å². The van der Waals surface area contributed by atoms with Crippen molar-refractivity contribution >= 4 is 17.5 Å². The maximum atomic E-state index is 12.1. The van der Waals surface area contributed by atoms with E-state index in [1.165, 1.54) is 4.90 Å². The molecule has 0 saturated carbocycles. The minimum absolute atomic E-state index is 0.0155. The highest BCUT2D eigenvalue weighted by molar-refractivity contribution is 5.99. The third kappa shape index (κ3) is 4.18. The molecule has 0 aliphatic carbocycles. The summed E-state index contributed by atoms with van der Waals surface area (Å²) in [6.45, 7) is 2.00. The molecule has 0 heterocycles. The van der Waals surface area contributed by atoms with Gasteiger partial charge in [-0.1, -0.05) is 35.9 Å². The molecule has 108 valence electrons. The van der Waals surface area contributed by atoms with Gasteiger partial charge in [-0.25, -0.2) is 0 Å². The quantitative estimate of drug-likeness (QED) is 0.937. The first-order valence-corrected chi connectivity index (χ1v) is 6.73. The molecule has 0 aromatic heterocycles. The number of nitrogens with zero attached hydrogens (tertiary/aromatic N) is 1. The Kier molecular flexibility index (Phi) is 4.72. The van der Waals surface area contributed by atoms with Crippen molar-refractivity contribution in [3.63, 3.8) is 0 Å². The smallest absolute Gasteiger partial charge is 0.254 e. The Balaban J connectivity index is 1.93. The molecule has 0 fully saturated rings. The van der Waals surface area contributed by atoms with E-state index >= 15 is 0 Å². The zero-order valence-corrected chi connectivity index (χ0v) is 12.2. The number of hydrogen-bond acceptors (Lipinski definition) is 2. The van der Waals surface area contributed by atoms with Crippen LogP contribution in [0.2, 0.25) is 0 Å². The molecule has 0 radical (unpaired) electrons. The highest BCUT2D eigenvalue weighted by atomic mass is 16.2. The number of anilines is 1. The maximum absolute atomic E-state index is 12.1. The third-order valence-electron chi connectivity index (χ3n) is 3.08. The lowest BCUT2D eigenvalue weighted by molar-refractivity contribution is -0.116. The topological polar surface area (TPSA) is 49.4 Å². The van der Waals surface area contributed by atoms with Gasteiger partial charge in [-0.3, -0.25) is 9.59 Å². The van der Waals surface area contributed by atoms with E-state index in [-0.39, 0.29) is 18.4 Å². The van der Waals surface area contributed by atoms with Crippen LogP contribution in [0.4, 0.5) is 5.69 Å². The fraction of sp³-hybridized carbons (Fsp3) is 0.176. The van der Waals surface area contributed by atoms with Crippen molar-refractivity contribution in [1.82, 2.24) is 4.90 Å². The lowest BCUT2D eigenvalue weighted by atomic mass is 10.2. The number of carbonyl (C=O) groups excluding carboxylic acids is 2. The van der Waals surface area contributed by atoms with Crippen LogP contribution in [0.15, 0.2) is 54.6 Å². The number of benzene rings is 2. The largest absolute Gasteiger partial charge is 0.332 e. The summed E-state index contributed by atoms with van der Waals surface area (Å²) in [5.74, 6) is -0.389. The average Bonchev–Trinajstić information content (AvgIpc) is 2.49. The van der Waals surface area contributed by atoms with Crippen LogP contribution in [0.5, 0.6) is 0 Å². The Bertz CT molecular complexity index is 621. The summed E-state index contributed by atoms with van der Waals surface area (Å²) in [5.41, 5.74) is 2.43. The molecule has 2 rings (SSSR count). The zero-order chi connectivity index (χ0) is 15.2. The average molecular weight is 282 g/mol. The zero-order valence-electron chi connectivity index (χ0n) is 12.2. The van der Waals surface area contributed by atoms with Gasteiger partial charge in [0.2, 0.25) is 5.91 Å². The van der Waals surface area contributed by atoms with Gasteiger partial charge in [0.05, 0.1) is 6.54 Å². The van der Waals surface area contributed by atoms with E-state index < -0.39 is 0 Å². The Morgan fingerprint density at radius 2 is 1.62 bits per heavy atom. The number of hydrogen-bond donors (Lipinski definition) is 1. The number of carbonyl (C=O) groups is 2. The van der Waals surface area contributed by atoms with Crippen LogP contribution < -0.4 is 5.32 Å². The first kappa shape index (κ1) is 14.8. The molecule has 0 spiro atoms. The fourth-order valence-electron chi connectivity index (χ4n) is 1.93. The van der Waals surface area contributed by atoms with Gasteiger partial charge >= 0.3 is 0 Å². The fourth-order valence-corrected chi connectivity index (χ4v) is 1.93. The molecule has 0 aliphatic rings. The Morgan fingerprint density at radius 3 is 2.24 bits per heavy atom. The normalized spacial score (nSPS) is 10.0. The minimum Gasteiger partial charge on any atom is -0.332 e. The third-order valence-corrected chi connectivity index (χ3v) is 3.08. The molecule has 2 aromatic carbocycles. The second kappa shape index (κ2) is 6.70. The SMILES string of the molecule is Cc1ccc(NC(=O)CN(C)C(=O)c2ccccc2)cc1. The van der Waals surface area contributed by atoms with E-state index in [1.807, 2.05) is 37.3 Å². The van der Waals surface area contributed by atoms with Crippen LogP contribution in [-0.4, -0.2) is 30.3 Å². The van der Waals surface area contributed by atoms with Gasteiger partial charge in [0.25, 0.3) is 5.91 Å². The van der Waals surface area contributed by atoms with Gasteiger partial charge in [-0.2, -0.15) is 0 Å². The summed E-state index contributed by atoms with van der Waals surface area (Å²) in [4.78, 5) is 25.5. The van der Waals surface area contributed by atoms with Crippen LogP contribution in [0, 0.1) is 6.92 Å². The summed E-state index contributed by atoms with van der Waals surface area (Å²) >= 11 is 0. The molecule has 4 heteroatoms. The van der Waals surface area contributed by atoms with E-state index in [9.17, 15) is 9.59 Å². The van der Waals surface area contributed by atoms with Crippen LogP contribution in [-0.2, 0) is 4.79 Å². The molecule has 0 bridgehead atoms. The molecule has 4 nitrogen and oxygen atoms in total. The van der Waals surface area contributed by atoms with Crippen molar-refractivity contribution in [3.8, 4) is 0 Å². The Labute approximate surface area is 124 Å². The van der Waals surface area contributed by atoms with Gasteiger partial charge in [0, 0.05) is 18.3 Å². The molecular weight excluding hydrogens is 264 g/mol. The van der Waals surface area contributed by atoms with E-state index in [0.717, 1.165) is 11.3 Å². The summed E-state index contributed by atoms with van der Waals surface area (Å²) in [5, 5.41) is 2.77. The molecule has 0 aliphatic heterocycles. The van der Waals surface area contributed by atoms with Crippen LogP contribution >= 0.6 is 0 Å². The van der Waals surface area contributed by atoms with Gasteiger partial charge in [0.15, 0.2) is 0 Å². The molecule has 0 saturated heterocycles. The number of aryl methyl sites for hydroxylation is 1. The highest BCUT2D eigenvalue weighted by Gasteiger charge is 2.14. The van der Waals surface area contributed by atoms with Crippen LogP contribution in [0.1, 0.15) is 15.9 Å². The van der Waals surface area contributed by atoms with Crippen molar-refractivity contribution in [3.05, 3.63) is 65.7 Å². The van der Waals surface area contributed by atoms with Gasteiger partial charge in [-0.05, 0) is 31.2 Å². The summed E-state index contributed by atoms with van der Waals surface area (Å²) in [7, 11) is 1.62. The first-order valence-electron chi connectivity index (χ1n) is 6.73. The van der Waals surface area contributed by atoms with Crippen LogP contribution in [0.25, 0.3) is 0 Å². The number of likely N-dealkylation sites (N-methyl/N-ethyl adjacent to an activating group) is 1. The van der Waals surface area contributed by atoms with E-state index in [4.69, 9.17) is 0 Å². The van der Waals surface area contributed by atoms with Crippen molar-refractivity contribution < 1.29 is 9.59 Å². The van der Waals surface area contributed by atoms with E-state index in [1.54, 1.807) is 31.3 Å². The molecule has 0 unspecified atom stereocenters. The van der Waals surface area contributed by atoms with Gasteiger partial charge in [-0.15, -0.1) is 0 Å². The molecule has 0 atom stereocenters. The second-order valence-electron chi connectivity index (χ2n) is 4.94. The monoisotopic (exact) mass is 282 g/mol. The Morgan fingerprint density at radius 1 is 1.00 bits per heavy atom. The predicted molar refractivity (Wildman–Crippen MR) is 83.2 cm³/mol. The molecule has 2 aromatic rings. The minimum atomic E-state index is -0.217. The molecule has 2 amide bonds. The van der Waals surface area contributed by atoms with Crippen molar-refractivity contribution in [1.29, 1.82) is 0 Å². The molecule has 21 heavy (non-hydrogen) atoms. The van der Waals surface area contributed by atoms with E-state index in [0.29, 0.717) is 5.56 Å².